The molecule has 1 heterocycles. The molecule has 1 aliphatic heterocycles. The predicted octanol–water partition coefficient (Wildman–Crippen LogP) is 2.68. The summed E-state index contributed by atoms with van der Waals surface area (Å²) in [5.74, 6) is -0.106. The van der Waals surface area contributed by atoms with Crippen LogP contribution in [0.15, 0.2) is 47.6 Å². The maximum atomic E-state index is 12.2. The highest BCUT2D eigenvalue weighted by Crippen LogP contribution is 2.15. The number of hydrazone groups is 1. The fraction of sp³-hybridized carbons (Fsp3) is 0.125. The van der Waals surface area contributed by atoms with Crippen LogP contribution >= 0.6 is 0 Å². The summed E-state index contributed by atoms with van der Waals surface area (Å²) in [6, 6.07) is 13.4. The average molecular weight is 265 g/mol. The lowest BCUT2D eigenvalue weighted by molar-refractivity contribution is 0.102. The van der Waals surface area contributed by atoms with Gasteiger partial charge < -0.3 is 10.7 Å². The van der Waals surface area contributed by atoms with Gasteiger partial charge in [0.15, 0.2) is 0 Å². The quantitative estimate of drug-likeness (QED) is 0.877. The molecule has 0 spiro atoms. The summed E-state index contributed by atoms with van der Waals surface area (Å²) in [5, 5.41) is 6.91. The highest BCUT2D eigenvalue weighted by Gasteiger charge is 2.10. The van der Waals surface area contributed by atoms with Crippen molar-refractivity contribution in [1.29, 1.82) is 0 Å². The van der Waals surface area contributed by atoms with Gasteiger partial charge in [0.25, 0.3) is 5.91 Å². The van der Waals surface area contributed by atoms with Crippen LogP contribution in [0.5, 0.6) is 0 Å². The Hall–Kier alpha value is -2.62. The topological polar surface area (TPSA) is 53.5 Å². The van der Waals surface area contributed by atoms with E-state index >= 15 is 0 Å². The number of amides is 1. The van der Waals surface area contributed by atoms with Gasteiger partial charge in [-0.25, -0.2) is 0 Å². The number of hydrogen-bond donors (Lipinski definition) is 2. The summed E-state index contributed by atoms with van der Waals surface area (Å²) in [4.78, 5) is 12.2. The van der Waals surface area contributed by atoms with Gasteiger partial charge in [-0.15, -0.1) is 0 Å². The number of rotatable bonds is 2. The molecular weight excluding hydrogens is 250 g/mol. The summed E-state index contributed by atoms with van der Waals surface area (Å²) in [6.07, 6.45) is 1.74. The number of carbonyl (C=O) groups excluding carboxylic acids is 1. The first-order valence-corrected chi connectivity index (χ1v) is 6.49. The van der Waals surface area contributed by atoms with E-state index in [9.17, 15) is 4.79 Å². The molecule has 0 aliphatic carbocycles. The van der Waals surface area contributed by atoms with Gasteiger partial charge in [-0.2, -0.15) is 5.10 Å². The Bertz CT molecular complexity index is 692. The van der Waals surface area contributed by atoms with Crippen LogP contribution in [0.25, 0.3) is 0 Å². The smallest absolute Gasteiger partial charge is 0.255 e. The molecule has 4 heteroatoms. The SMILES string of the molecule is Cc1cccc(NC(=O)c2ccc3c(c2)C=NNC3)c1. The van der Waals surface area contributed by atoms with Crippen LogP contribution in [0.3, 0.4) is 0 Å². The molecule has 0 aromatic heterocycles. The van der Waals surface area contributed by atoms with Gasteiger partial charge in [0.2, 0.25) is 0 Å². The van der Waals surface area contributed by atoms with Gasteiger partial charge in [0.1, 0.15) is 0 Å². The van der Waals surface area contributed by atoms with Gasteiger partial charge in [-0.3, -0.25) is 4.79 Å². The van der Waals surface area contributed by atoms with Gasteiger partial charge >= 0.3 is 0 Å². The van der Waals surface area contributed by atoms with Crippen molar-refractivity contribution in [1.82, 2.24) is 5.43 Å². The summed E-state index contributed by atoms with van der Waals surface area (Å²) in [5.41, 5.74) is 7.60. The zero-order chi connectivity index (χ0) is 13.9. The van der Waals surface area contributed by atoms with Crippen molar-refractivity contribution in [2.75, 3.05) is 5.32 Å². The van der Waals surface area contributed by atoms with Gasteiger partial charge in [0.05, 0.1) is 12.8 Å². The number of fused-ring (bicyclic) bond motifs is 1. The molecule has 0 fully saturated rings. The summed E-state index contributed by atoms with van der Waals surface area (Å²) >= 11 is 0. The number of hydrogen-bond acceptors (Lipinski definition) is 3. The Labute approximate surface area is 117 Å². The molecule has 1 aliphatic rings. The Morgan fingerprint density at radius 1 is 1.25 bits per heavy atom. The van der Waals surface area contributed by atoms with Crippen molar-refractivity contribution in [3.63, 3.8) is 0 Å². The van der Waals surface area contributed by atoms with Crippen LogP contribution in [0.2, 0.25) is 0 Å². The van der Waals surface area contributed by atoms with Gasteiger partial charge in [-0.1, -0.05) is 18.2 Å². The number of nitrogens with one attached hydrogen (secondary N) is 2. The largest absolute Gasteiger partial charge is 0.322 e. The summed E-state index contributed by atoms with van der Waals surface area (Å²) in [7, 11) is 0. The third-order valence-electron chi connectivity index (χ3n) is 3.25. The molecule has 20 heavy (non-hydrogen) atoms. The van der Waals surface area contributed by atoms with Crippen molar-refractivity contribution in [3.05, 3.63) is 64.7 Å². The van der Waals surface area contributed by atoms with Crippen LogP contribution in [-0.4, -0.2) is 12.1 Å². The standard InChI is InChI=1S/C16H15N3O/c1-11-3-2-4-15(7-11)19-16(20)12-5-6-13-9-17-18-10-14(13)8-12/h2-8,10,17H,9H2,1H3,(H,19,20). The predicted molar refractivity (Wildman–Crippen MR) is 80.0 cm³/mol. The van der Waals surface area contributed by atoms with E-state index in [1.165, 1.54) is 0 Å². The third kappa shape index (κ3) is 2.54. The minimum atomic E-state index is -0.106. The van der Waals surface area contributed by atoms with E-state index in [2.05, 4.69) is 15.8 Å². The lowest BCUT2D eigenvalue weighted by Crippen LogP contribution is -2.16. The molecule has 0 atom stereocenters. The molecule has 4 nitrogen and oxygen atoms in total. The zero-order valence-corrected chi connectivity index (χ0v) is 11.2. The van der Waals surface area contributed by atoms with E-state index in [1.807, 2.05) is 49.4 Å². The second kappa shape index (κ2) is 5.17. The maximum absolute atomic E-state index is 12.2. The molecule has 0 bridgehead atoms. The lowest BCUT2D eigenvalue weighted by Gasteiger charge is -2.12. The number of nitrogens with zero attached hydrogens (tertiary/aromatic N) is 1. The zero-order valence-electron chi connectivity index (χ0n) is 11.2. The highest BCUT2D eigenvalue weighted by atomic mass is 16.1. The molecule has 0 saturated heterocycles. The summed E-state index contributed by atoms with van der Waals surface area (Å²) in [6.45, 7) is 2.70. The van der Waals surface area contributed by atoms with Gasteiger partial charge in [-0.05, 0) is 42.3 Å². The maximum Gasteiger partial charge on any atom is 0.255 e. The van der Waals surface area contributed by atoms with E-state index in [0.717, 1.165) is 22.4 Å². The van der Waals surface area contributed by atoms with Crippen molar-refractivity contribution in [2.24, 2.45) is 5.10 Å². The Balaban J connectivity index is 1.83. The minimum Gasteiger partial charge on any atom is -0.322 e. The molecule has 1 amide bonds. The first-order valence-electron chi connectivity index (χ1n) is 6.49. The van der Waals surface area contributed by atoms with Crippen molar-refractivity contribution in [2.45, 2.75) is 13.5 Å². The number of anilines is 1. The molecule has 0 saturated carbocycles. The normalized spacial score (nSPS) is 12.4. The molecule has 0 radical (unpaired) electrons. The fourth-order valence-electron chi connectivity index (χ4n) is 2.19. The second-order valence-electron chi connectivity index (χ2n) is 4.83. The summed E-state index contributed by atoms with van der Waals surface area (Å²) < 4.78 is 0. The first-order chi connectivity index (χ1) is 9.72. The molecule has 100 valence electrons. The highest BCUT2D eigenvalue weighted by molar-refractivity contribution is 6.05. The van der Waals surface area contributed by atoms with E-state index in [0.29, 0.717) is 12.1 Å². The van der Waals surface area contributed by atoms with Crippen molar-refractivity contribution >= 4 is 17.8 Å². The van der Waals surface area contributed by atoms with E-state index in [1.54, 1.807) is 6.21 Å². The van der Waals surface area contributed by atoms with Crippen LogP contribution in [0.1, 0.15) is 27.0 Å². The number of aryl methyl sites for hydroxylation is 1. The van der Waals surface area contributed by atoms with E-state index < -0.39 is 0 Å². The van der Waals surface area contributed by atoms with Crippen molar-refractivity contribution in [3.8, 4) is 0 Å². The molecule has 2 N–H and O–H groups in total. The van der Waals surface area contributed by atoms with Crippen LogP contribution < -0.4 is 10.7 Å². The molecular formula is C16H15N3O. The van der Waals surface area contributed by atoms with Crippen LogP contribution in [-0.2, 0) is 6.54 Å². The van der Waals surface area contributed by atoms with Gasteiger partial charge in [0, 0.05) is 16.8 Å². The molecule has 3 rings (SSSR count). The Morgan fingerprint density at radius 3 is 3.00 bits per heavy atom. The minimum absolute atomic E-state index is 0.106. The Morgan fingerprint density at radius 2 is 2.15 bits per heavy atom. The monoisotopic (exact) mass is 265 g/mol. The lowest BCUT2D eigenvalue weighted by atomic mass is 10.0. The second-order valence-corrected chi connectivity index (χ2v) is 4.83. The van der Waals surface area contributed by atoms with Crippen LogP contribution in [0.4, 0.5) is 5.69 Å². The molecule has 2 aromatic rings. The Kier molecular flexibility index (Phi) is 3.21. The van der Waals surface area contributed by atoms with Crippen molar-refractivity contribution < 1.29 is 4.79 Å². The first kappa shape index (κ1) is 12.4. The van der Waals surface area contributed by atoms with E-state index in [-0.39, 0.29) is 5.91 Å². The van der Waals surface area contributed by atoms with E-state index in [4.69, 9.17) is 0 Å². The van der Waals surface area contributed by atoms with Crippen LogP contribution in [0, 0.1) is 6.92 Å². The number of carbonyl (C=O) groups is 1. The molecule has 2 aromatic carbocycles. The fourth-order valence-corrected chi connectivity index (χ4v) is 2.19. The molecule has 0 unspecified atom stereocenters. The number of benzene rings is 2. The third-order valence-corrected chi connectivity index (χ3v) is 3.25. The average Bonchev–Trinajstić information content (AvgIpc) is 2.47.